The lowest BCUT2D eigenvalue weighted by molar-refractivity contribution is -0.144. The Kier molecular flexibility index (Phi) is 7.35. The van der Waals surface area contributed by atoms with E-state index in [2.05, 4.69) is 10.2 Å². The lowest BCUT2D eigenvalue weighted by Crippen LogP contribution is -2.13. The van der Waals surface area contributed by atoms with Gasteiger partial charge in [0.2, 0.25) is 0 Å². The zero-order valence-electron chi connectivity index (χ0n) is 17.5. The summed E-state index contributed by atoms with van der Waals surface area (Å²) in [7, 11) is 1.63. The maximum Gasteiger partial charge on any atom is 0.316 e. The molecule has 0 atom stereocenters. The molecule has 0 radical (unpaired) electrons. The standard InChI is InChI=1S/C22H25N3O4S/c1-5-28-19-12-8-17(9-13-19)25-21(16-6-10-18(27-4)11-7-16)23-24-22(25)30-14-20(26)29-15(2)3/h6-13,15H,5,14H2,1-4H3. The highest BCUT2D eigenvalue weighted by molar-refractivity contribution is 7.99. The van der Waals surface area contributed by atoms with Gasteiger partial charge in [-0.05, 0) is 69.3 Å². The van der Waals surface area contributed by atoms with Crippen LogP contribution in [-0.2, 0) is 9.53 Å². The third kappa shape index (κ3) is 5.33. The average molecular weight is 428 g/mol. The third-order valence-corrected chi connectivity index (χ3v) is 4.98. The Morgan fingerprint density at radius 3 is 2.30 bits per heavy atom. The summed E-state index contributed by atoms with van der Waals surface area (Å²) in [5.41, 5.74) is 1.75. The molecule has 3 aromatic rings. The SMILES string of the molecule is CCOc1ccc(-n2c(SCC(=O)OC(C)C)nnc2-c2ccc(OC)cc2)cc1. The Labute approximate surface area is 180 Å². The minimum Gasteiger partial charge on any atom is -0.497 e. The number of esters is 1. The Morgan fingerprint density at radius 1 is 1.03 bits per heavy atom. The third-order valence-electron chi connectivity index (χ3n) is 4.07. The van der Waals surface area contributed by atoms with Crippen LogP contribution >= 0.6 is 11.8 Å². The molecular formula is C22H25N3O4S. The quantitative estimate of drug-likeness (QED) is 0.370. The molecule has 0 fully saturated rings. The number of carbonyl (C=O) groups is 1. The van der Waals surface area contributed by atoms with Gasteiger partial charge in [0.1, 0.15) is 11.5 Å². The smallest absolute Gasteiger partial charge is 0.316 e. The van der Waals surface area contributed by atoms with Crippen molar-refractivity contribution >= 4 is 17.7 Å². The van der Waals surface area contributed by atoms with Gasteiger partial charge in [0.15, 0.2) is 11.0 Å². The summed E-state index contributed by atoms with van der Waals surface area (Å²) in [4.78, 5) is 12.0. The zero-order valence-corrected chi connectivity index (χ0v) is 18.3. The minimum atomic E-state index is -0.290. The Balaban J connectivity index is 1.95. The van der Waals surface area contributed by atoms with Crippen LogP contribution in [0.25, 0.3) is 17.1 Å². The molecular weight excluding hydrogens is 402 g/mol. The van der Waals surface area contributed by atoms with Crippen LogP contribution in [0.15, 0.2) is 53.7 Å². The van der Waals surface area contributed by atoms with E-state index < -0.39 is 0 Å². The van der Waals surface area contributed by atoms with Gasteiger partial charge < -0.3 is 14.2 Å². The first-order valence-electron chi connectivity index (χ1n) is 9.67. The highest BCUT2D eigenvalue weighted by Crippen LogP contribution is 2.30. The predicted octanol–water partition coefficient (Wildman–Crippen LogP) is 4.39. The van der Waals surface area contributed by atoms with Gasteiger partial charge in [0.25, 0.3) is 0 Å². The molecule has 1 heterocycles. The number of rotatable bonds is 9. The van der Waals surface area contributed by atoms with E-state index in [-0.39, 0.29) is 17.8 Å². The van der Waals surface area contributed by atoms with Crippen molar-refractivity contribution in [2.75, 3.05) is 19.5 Å². The summed E-state index contributed by atoms with van der Waals surface area (Å²) in [6.45, 7) is 6.20. The molecule has 158 valence electrons. The summed E-state index contributed by atoms with van der Waals surface area (Å²) >= 11 is 1.29. The van der Waals surface area contributed by atoms with E-state index in [1.165, 1.54) is 11.8 Å². The van der Waals surface area contributed by atoms with Gasteiger partial charge in [0, 0.05) is 11.3 Å². The molecule has 0 saturated heterocycles. The number of hydrogen-bond donors (Lipinski definition) is 0. The lowest BCUT2D eigenvalue weighted by Gasteiger charge is -2.12. The molecule has 0 N–H and O–H groups in total. The first-order valence-corrected chi connectivity index (χ1v) is 10.7. The molecule has 0 amide bonds. The fraction of sp³-hybridized carbons (Fsp3) is 0.318. The van der Waals surface area contributed by atoms with Gasteiger partial charge in [-0.25, -0.2) is 0 Å². The van der Waals surface area contributed by atoms with E-state index >= 15 is 0 Å². The van der Waals surface area contributed by atoms with Crippen molar-refractivity contribution in [3.05, 3.63) is 48.5 Å². The van der Waals surface area contributed by atoms with Crippen LogP contribution in [0.4, 0.5) is 0 Å². The number of benzene rings is 2. The first-order chi connectivity index (χ1) is 14.5. The maximum absolute atomic E-state index is 12.0. The van der Waals surface area contributed by atoms with Crippen molar-refractivity contribution in [1.29, 1.82) is 0 Å². The van der Waals surface area contributed by atoms with Crippen molar-refractivity contribution in [3.8, 4) is 28.6 Å². The normalized spacial score (nSPS) is 10.8. The molecule has 0 unspecified atom stereocenters. The number of ether oxygens (including phenoxy) is 3. The number of nitrogens with zero attached hydrogens (tertiary/aromatic N) is 3. The van der Waals surface area contributed by atoms with Crippen LogP contribution in [0.1, 0.15) is 20.8 Å². The van der Waals surface area contributed by atoms with Gasteiger partial charge in [0.05, 0.1) is 25.6 Å². The van der Waals surface area contributed by atoms with Gasteiger partial charge in [-0.2, -0.15) is 0 Å². The second-order valence-electron chi connectivity index (χ2n) is 6.62. The van der Waals surface area contributed by atoms with Gasteiger partial charge in [-0.1, -0.05) is 11.8 Å². The maximum atomic E-state index is 12.0. The molecule has 0 aliphatic carbocycles. The van der Waals surface area contributed by atoms with Crippen molar-refractivity contribution in [1.82, 2.24) is 14.8 Å². The topological polar surface area (TPSA) is 75.5 Å². The molecule has 0 saturated carbocycles. The first kappa shape index (κ1) is 21.7. The fourth-order valence-corrected chi connectivity index (χ4v) is 3.54. The van der Waals surface area contributed by atoms with Gasteiger partial charge in [-0.3, -0.25) is 9.36 Å². The van der Waals surface area contributed by atoms with Crippen LogP contribution < -0.4 is 9.47 Å². The minimum absolute atomic E-state index is 0.149. The molecule has 8 heteroatoms. The van der Waals surface area contributed by atoms with Crippen molar-refractivity contribution in [2.24, 2.45) is 0 Å². The lowest BCUT2D eigenvalue weighted by atomic mass is 10.2. The number of thioether (sulfide) groups is 1. The zero-order chi connectivity index (χ0) is 21.5. The molecule has 7 nitrogen and oxygen atoms in total. The monoisotopic (exact) mass is 427 g/mol. The summed E-state index contributed by atoms with van der Waals surface area (Å²) in [5.74, 6) is 2.08. The van der Waals surface area contributed by atoms with Gasteiger partial charge >= 0.3 is 5.97 Å². The Bertz CT molecular complexity index is 969. The highest BCUT2D eigenvalue weighted by atomic mass is 32.2. The molecule has 1 aromatic heterocycles. The number of hydrogen-bond acceptors (Lipinski definition) is 7. The number of carbonyl (C=O) groups excluding carboxylic acids is 1. The molecule has 0 aliphatic rings. The predicted molar refractivity (Wildman–Crippen MR) is 116 cm³/mol. The van der Waals surface area contributed by atoms with Crippen LogP contribution in [-0.4, -0.2) is 46.3 Å². The van der Waals surface area contributed by atoms with Crippen molar-refractivity contribution in [2.45, 2.75) is 32.0 Å². The average Bonchev–Trinajstić information content (AvgIpc) is 3.16. The van der Waals surface area contributed by atoms with Crippen LogP contribution in [0, 0.1) is 0 Å². The molecule has 0 aliphatic heterocycles. The molecule has 0 spiro atoms. The summed E-state index contributed by atoms with van der Waals surface area (Å²) in [6.07, 6.45) is -0.156. The van der Waals surface area contributed by atoms with E-state index in [1.54, 1.807) is 7.11 Å². The van der Waals surface area contributed by atoms with Crippen LogP contribution in [0.3, 0.4) is 0 Å². The summed E-state index contributed by atoms with van der Waals surface area (Å²) in [6, 6.07) is 15.3. The molecule has 0 bridgehead atoms. The Morgan fingerprint density at radius 2 is 1.70 bits per heavy atom. The molecule has 3 rings (SSSR count). The number of methoxy groups -OCH3 is 1. The van der Waals surface area contributed by atoms with Crippen LogP contribution in [0.2, 0.25) is 0 Å². The van der Waals surface area contributed by atoms with E-state index in [1.807, 2.05) is 73.9 Å². The molecule has 30 heavy (non-hydrogen) atoms. The van der Waals surface area contributed by atoms with Crippen molar-refractivity contribution in [3.63, 3.8) is 0 Å². The fourth-order valence-electron chi connectivity index (χ4n) is 2.80. The van der Waals surface area contributed by atoms with E-state index in [9.17, 15) is 4.79 Å². The van der Waals surface area contributed by atoms with Crippen molar-refractivity contribution < 1.29 is 19.0 Å². The summed E-state index contributed by atoms with van der Waals surface area (Å²) < 4.78 is 17.9. The Hall–Kier alpha value is -3.00. The largest absolute Gasteiger partial charge is 0.497 e. The second kappa shape index (κ2) is 10.2. The van der Waals surface area contributed by atoms with Crippen LogP contribution in [0.5, 0.6) is 11.5 Å². The van der Waals surface area contributed by atoms with E-state index in [0.29, 0.717) is 17.6 Å². The summed E-state index contributed by atoms with van der Waals surface area (Å²) in [5, 5.41) is 9.31. The van der Waals surface area contributed by atoms with E-state index in [4.69, 9.17) is 14.2 Å². The highest BCUT2D eigenvalue weighted by Gasteiger charge is 2.18. The molecule has 2 aromatic carbocycles. The number of aromatic nitrogens is 3. The van der Waals surface area contributed by atoms with E-state index in [0.717, 1.165) is 22.7 Å². The van der Waals surface area contributed by atoms with Gasteiger partial charge in [-0.15, -0.1) is 10.2 Å². The second-order valence-corrected chi connectivity index (χ2v) is 7.57.